The maximum absolute atomic E-state index is 12.6. The van der Waals surface area contributed by atoms with Crippen LogP contribution in [0.5, 0.6) is 17.4 Å². The Bertz CT molecular complexity index is 1320. The Morgan fingerprint density at radius 2 is 1.78 bits per heavy atom. The second-order valence-electron chi connectivity index (χ2n) is 7.69. The van der Waals surface area contributed by atoms with Crippen molar-refractivity contribution in [2.24, 2.45) is 5.10 Å². The summed E-state index contributed by atoms with van der Waals surface area (Å²) < 4.78 is 11.8. The van der Waals surface area contributed by atoms with Crippen LogP contribution in [0.2, 0.25) is 0 Å². The summed E-state index contributed by atoms with van der Waals surface area (Å²) in [6.45, 7) is 3.78. The number of hydrogen-bond acceptors (Lipinski definition) is 7. The Hall–Kier alpha value is -4.01. The van der Waals surface area contributed by atoms with Crippen LogP contribution in [0.15, 0.2) is 51.1 Å². The first-order chi connectivity index (χ1) is 15.3. The highest BCUT2D eigenvalue weighted by Gasteiger charge is 2.29. The molecule has 2 heterocycles. The molecule has 1 aliphatic heterocycles. The van der Waals surface area contributed by atoms with Gasteiger partial charge in [0.1, 0.15) is 17.1 Å². The SMILES string of the molecule is COc1ccc(OC)c([C@@H]2CC(c3c(O)n(-c4cc(C)cc(C)c4)c(=O)[nH]c3=O)=NN2)c1. The summed E-state index contributed by atoms with van der Waals surface area (Å²) in [5.41, 5.74) is 4.94. The van der Waals surface area contributed by atoms with Gasteiger partial charge in [0.25, 0.3) is 5.56 Å². The third-order valence-electron chi connectivity index (χ3n) is 5.40. The van der Waals surface area contributed by atoms with Gasteiger partial charge < -0.3 is 20.0 Å². The van der Waals surface area contributed by atoms with Crippen LogP contribution in [0.1, 0.15) is 34.7 Å². The molecule has 0 bridgehead atoms. The van der Waals surface area contributed by atoms with Gasteiger partial charge in [0, 0.05) is 12.0 Å². The lowest BCUT2D eigenvalue weighted by Gasteiger charge is -2.16. The first-order valence-corrected chi connectivity index (χ1v) is 10.0. The summed E-state index contributed by atoms with van der Waals surface area (Å²) in [7, 11) is 3.14. The van der Waals surface area contributed by atoms with Crippen molar-refractivity contribution in [3.8, 4) is 23.1 Å². The Balaban J connectivity index is 1.76. The predicted molar refractivity (Wildman–Crippen MR) is 120 cm³/mol. The molecule has 0 saturated carbocycles. The highest BCUT2D eigenvalue weighted by Crippen LogP contribution is 2.34. The number of aromatic amines is 1. The quantitative estimate of drug-likeness (QED) is 0.565. The molecule has 1 aromatic heterocycles. The smallest absolute Gasteiger partial charge is 0.335 e. The van der Waals surface area contributed by atoms with Gasteiger partial charge in [-0.25, -0.2) is 9.36 Å². The van der Waals surface area contributed by atoms with E-state index in [0.717, 1.165) is 21.3 Å². The number of hydrazone groups is 1. The van der Waals surface area contributed by atoms with Gasteiger partial charge in [-0.15, -0.1) is 0 Å². The average molecular weight is 436 g/mol. The van der Waals surface area contributed by atoms with E-state index in [1.807, 2.05) is 26.0 Å². The summed E-state index contributed by atoms with van der Waals surface area (Å²) in [5, 5.41) is 15.3. The molecule has 1 aliphatic rings. The lowest BCUT2D eigenvalue weighted by molar-refractivity contribution is 0.392. The van der Waals surface area contributed by atoms with E-state index < -0.39 is 17.1 Å². The number of nitrogens with zero attached hydrogens (tertiary/aromatic N) is 2. The number of benzene rings is 2. The summed E-state index contributed by atoms with van der Waals surface area (Å²) in [4.78, 5) is 27.5. The van der Waals surface area contributed by atoms with Gasteiger partial charge in [-0.2, -0.15) is 5.10 Å². The van der Waals surface area contributed by atoms with E-state index in [2.05, 4.69) is 15.5 Å². The van der Waals surface area contributed by atoms with E-state index in [-0.39, 0.29) is 11.6 Å². The van der Waals surface area contributed by atoms with Gasteiger partial charge in [0.2, 0.25) is 5.88 Å². The Morgan fingerprint density at radius 1 is 1.06 bits per heavy atom. The zero-order valence-electron chi connectivity index (χ0n) is 18.2. The zero-order chi connectivity index (χ0) is 23.0. The molecule has 0 fully saturated rings. The third kappa shape index (κ3) is 3.73. The molecule has 0 aliphatic carbocycles. The molecule has 3 aromatic rings. The van der Waals surface area contributed by atoms with Crippen molar-refractivity contribution in [1.82, 2.24) is 15.0 Å². The Kier molecular flexibility index (Phi) is 5.48. The predicted octanol–water partition coefficient (Wildman–Crippen LogP) is 2.30. The first-order valence-electron chi connectivity index (χ1n) is 10.0. The van der Waals surface area contributed by atoms with Crippen LogP contribution in [0.25, 0.3) is 5.69 Å². The molecular formula is C23H24N4O5. The minimum Gasteiger partial charge on any atom is -0.497 e. The lowest BCUT2D eigenvalue weighted by atomic mass is 9.99. The molecule has 32 heavy (non-hydrogen) atoms. The highest BCUT2D eigenvalue weighted by atomic mass is 16.5. The van der Waals surface area contributed by atoms with Gasteiger partial charge in [0.15, 0.2) is 0 Å². The molecule has 4 rings (SSSR count). The van der Waals surface area contributed by atoms with Crippen molar-refractivity contribution in [2.75, 3.05) is 14.2 Å². The number of ether oxygens (including phenoxy) is 2. The minimum absolute atomic E-state index is 0.0550. The van der Waals surface area contributed by atoms with Gasteiger partial charge >= 0.3 is 5.69 Å². The second kappa shape index (κ2) is 8.26. The van der Waals surface area contributed by atoms with E-state index in [9.17, 15) is 14.7 Å². The number of rotatable bonds is 5. The molecule has 0 saturated heterocycles. The number of H-pyrrole nitrogens is 1. The fourth-order valence-corrected chi connectivity index (χ4v) is 3.99. The van der Waals surface area contributed by atoms with Crippen LogP contribution in [-0.2, 0) is 0 Å². The van der Waals surface area contributed by atoms with Crippen LogP contribution in [-0.4, -0.2) is 34.6 Å². The summed E-state index contributed by atoms with van der Waals surface area (Å²) in [5.74, 6) is 0.834. The molecule has 2 aromatic carbocycles. The van der Waals surface area contributed by atoms with Crippen molar-refractivity contribution in [2.45, 2.75) is 26.3 Å². The van der Waals surface area contributed by atoms with Gasteiger partial charge in [-0.1, -0.05) is 6.07 Å². The number of hydrogen-bond donors (Lipinski definition) is 3. The van der Waals surface area contributed by atoms with Crippen LogP contribution in [0.3, 0.4) is 0 Å². The van der Waals surface area contributed by atoms with Gasteiger partial charge in [0.05, 0.1) is 31.7 Å². The van der Waals surface area contributed by atoms with Gasteiger partial charge in [-0.3, -0.25) is 9.78 Å². The standard InChI is InChI=1S/C23H24N4O5/c1-12-7-13(2)9-14(8-12)27-22(29)20(21(28)24-23(27)30)18-11-17(25-26-18)16-10-15(31-3)5-6-19(16)32-4/h5-10,17,25,29H,11H2,1-4H3,(H,24,28,30)/t17-/m0/s1. The topological polar surface area (TPSA) is 118 Å². The maximum atomic E-state index is 12.6. The van der Waals surface area contributed by atoms with Crippen molar-refractivity contribution in [3.05, 3.63) is 79.5 Å². The summed E-state index contributed by atoms with van der Waals surface area (Å²) in [6, 6.07) is 10.6. The highest BCUT2D eigenvalue weighted by molar-refractivity contribution is 6.03. The molecule has 166 valence electrons. The fourth-order valence-electron chi connectivity index (χ4n) is 3.99. The molecule has 0 radical (unpaired) electrons. The van der Waals surface area contributed by atoms with Crippen molar-refractivity contribution < 1.29 is 14.6 Å². The fraction of sp³-hybridized carbons (Fsp3) is 0.261. The maximum Gasteiger partial charge on any atom is 0.335 e. The molecule has 9 heteroatoms. The number of methoxy groups -OCH3 is 2. The molecule has 0 unspecified atom stereocenters. The van der Waals surface area contributed by atoms with E-state index in [1.54, 1.807) is 38.5 Å². The van der Waals surface area contributed by atoms with Crippen molar-refractivity contribution in [3.63, 3.8) is 0 Å². The normalized spacial score (nSPS) is 15.2. The number of aromatic nitrogens is 2. The zero-order valence-corrected chi connectivity index (χ0v) is 18.2. The summed E-state index contributed by atoms with van der Waals surface area (Å²) >= 11 is 0. The van der Waals surface area contributed by atoms with Crippen LogP contribution < -0.4 is 26.1 Å². The number of aryl methyl sites for hydroxylation is 2. The van der Waals surface area contributed by atoms with Gasteiger partial charge in [-0.05, 0) is 55.3 Å². The van der Waals surface area contributed by atoms with Crippen LogP contribution in [0.4, 0.5) is 0 Å². The molecule has 0 amide bonds. The molecule has 9 nitrogen and oxygen atoms in total. The third-order valence-corrected chi connectivity index (χ3v) is 5.40. The minimum atomic E-state index is -0.723. The molecule has 3 N–H and O–H groups in total. The Labute approximate surface area is 184 Å². The molecule has 0 spiro atoms. The Morgan fingerprint density at radius 3 is 2.44 bits per heavy atom. The van der Waals surface area contributed by atoms with E-state index in [0.29, 0.717) is 29.3 Å². The van der Waals surface area contributed by atoms with Crippen molar-refractivity contribution in [1.29, 1.82) is 0 Å². The molecular weight excluding hydrogens is 412 g/mol. The average Bonchev–Trinajstić information content (AvgIpc) is 3.21. The van der Waals surface area contributed by atoms with E-state index in [4.69, 9.17) is 9.47 Å². The van der Waals surface area contributed by atoms with Crippen LogP contribution >= 0.6 is 0 Å². The summed E-state index contributed by atoms with van der Waals surface area (Å²) in [6.07, 6.45) is 0.297. The van der Waals surface area contributed by atoms with E-state index >= 15 is 0 Å². The number of nitrogens with one attached hydrogen (secondary N) is 2. The first kappa shape index (κ1) is 21.2. The van der Waals surface area contributed by atoms with E-state index in [1.165, 1.54) is 0 Å². The monoisotopic (exact) mass is 436 g/mol. The molecule has 1 atom stereocenters. The largest absolute Gasteiger partial charge is 0.497 e. The number of aromatic hydroxyl groups is 1. The lowest BCUT2D eigenvalue weighted by Crippen LogP contribution is -2.33. The van der Waals surface area contributed by atoms with Crippen molar-refractivity contribution >= 4 is 5.71 Å². The van der Waals surface area contributed by atoms with Crippen LogP contribution in [0, 0.1) is 13.8 Å². The second-order valence-corrected chi connectivity index (χ2v) is 7.69.